The van der Waals surface area contributed by atoms with E-state index in [0.717, 1.165) is 23.9 Å². The fourth-order valence-corrected chi connectivity index (χ4v) is 1.11. The molecule has 0 amide bonds. The van der Waals surface area contributed by atoms with Crippen LogP contribution in [0.25, 0.3) is 0 Å². The third kappa shape index (κ3) is 5.17. The fourth-order valence-electron chi connectivity index (χ4n) is 0.810. The molecule has 0 unspecified atom stereocenters. The summed E-state index contributed by atoms with van der Waals surface area (Å²) in [5, 5.41) is 0.562. The second-order valence-electron chi connectivity index (χ2n) is 2.40. The van der Waals surface area contributed by atoms with Gasteiger partial charge in [0.15, 0.2) is 0 Å². The van der Waals surface area contributed by atoms with Crippen LogP contribution in [0.1, 0.15) is 5.56 Å². The van der Waals surface area contributed by atoms with E-state index in [0.29, 0.717) is 11.6 Å². The van der Waals surface area contributed by atoms with E-state index in [1.807, 2.05) is 30.3 Å². The van der Waals surface area contributed by atoms with Crippen molar-refractivity contribution in [2.75, 3.05) is 0 Å². The maximum atomic E-state index is 10.8. The van der Waals surface area contributed by atoms with Gasteiger partial charge in [0, 0.05) is 0 Å². The summed E-state index contributed by atoms with van der Waals surface area (Å²) in [4.78, 5) is 10.8. The van der Waals surface area contributed by atoms with E-state index < -0.39 is 0 Å². The number of carbonyl (C=O) groups is 1. The molecule has 67 valence electrons. The Morgan fingerprint density at radius 2 is 1.92 bits per heavy atom. The van der Waals surface area contributed by atoms with E-state index in [1.54, 1.807) is 0 Å². The third-order valence-electron chi connectivity index (χ3n) is 1.45. The summed E-state index contributed by atoms with van der Waals surface area (Å²) in [7, 11) is 0. The van der Waals surface area contributed by atoms with Crippen molar-refractivity contribution in [2.45, 2.75) is 11.6 Å². The zero-order valence-corrected chi connectivity index (χ0v) is 11.9. The van der Waals surface area contributed by atoms with Gasteiger partial charge in [0.05, 0.1) is 0 Å². The Morgan fingerprint density at radius 1 is 1.31 bits per heavy atom. The quantitative estimate of drug-likeness (QED) is 0.632. The predicted octanol–water partition coefficient (Wildman–Crippen LogP) is 2.27. The minimum absolute atomic E-state index is 0. The third-order valence-corrected chi connectivity index (χ3v) is 2.30. The molecule has 0 saturated heterocycles. The van der Waals surface area contributed by atoms with Crippen LogP contribution in [-0.4, -0.2) is 5.97 Å². The van der Waals surface area contributed by atoms with Gasteiger partial charge in [-0.25, -0.2) is 0 Å². The number of hydrogen-bond donors (Lipinski definition) is 0. The van der Waals surface area contributed by atoms with Crippen LogP contribution >= 0.6 is 17.0 Å². The number of halogens is 1. The monoisotopic (exact) mass is 293 g/mol. The molecule has 0 aromatic heterocycles. The molecule has 0 fully saturated rings. The van der Waals surface area contributed by atoms with E-state index in [4.69, 9.17) is 4.74 Å². The first kappa shape index (κ1) is 12.8. The van der Waals surface area contributed by atoms with Crippen molar-refractivity contribution >= 4 is 23.0 Å². The van der Waals surface area contributed by atoms with Crippen molar-refractivity contribution in [3.05, 3.63) is 35.9 Å². The standard InChI is InChI=1S/C9H9O2.BrH.Zn/c1-8(10)11-7-9-5-3-2-4-6-9;;/h2-6H,1,7H2;1H;. The fraction of sp³-hybridized carbons (Fsp3) is 0.222. The van der Waals surface area contributed by atoms with Crippen molar-refractivity contribution in [1.29, 1.82) is 0 Å². The Balaban J connectivity index is 0.00000144. The van der Waals surface area contributed by atoms with Gasteiger partial charge in [-0.2, -0.15) is 0 Å². The predicted molar refractivity (Wildman–Crippen MR) is 51.4 cm³/mol. The molecule has 0 spiro atoms. The minimum atomic E-state index is -0.0983. The Labute approximate surface area is 98.1 Å². The normalized spacial score (nSPS) is 8.77. The van der Waals surface area contributed by atoms with Crippen LogP contribution in [0.3, 0.4) is 0 Å². The molecule has 0 aliphatic rings. The second-order valence-corrected chi connectivity index (χ2v) is 3.45. The zero-order chi connectivity index (χ0) is 8.81. The maximum absolute atomic E-state index is 10.8. The van der Waals surface area contributed by atoms with Crippen LogP contribution in [0.2, 0.25) is 5.02 Å². The average molecular weight is 295 g/mol. The summed E-state index contributed by atoms with van der Waals surface area (Å²) in [5.74, 6) is -0.0983. The Kier molecular flexibility index (Phi) is 7.11. The van der Waals surface area contributed by atoms with Crippen molar-refractivity contribution in [2.24, 2.45) is 0 Å². The molecule has 0 atom stereocenters. The Bertz CT molecular complexity index is 251. The molecular formula is C9H10BrO2Zn. The van der Waals surface area contributed by atoms with E-state index in [1.165, 1.54) is 0 Å². The molecule has 0 aliphatic heterocycles. The summed E-state index contributed by atoms with van der Waals surface area (Å²) in [6.45, 7) is 0.402. The first-order valence-electron chi connectivity index (χ1n) is 3.81. The zero-order valence-electron chi connectivity index (χ0n) is 7.23. The van der Waals surface area contributed by atoms with Crippen molar-refractivity contribution in [3.63, 3.8) is 0 Å². The van der Waals surface area contributed by atoms with Crippen LogP contribution in [-0.2, 0) is 34.4 Å². The number of rotatable bonds is 3. The molecule has 0 aliphatic carbocycles. The first-order chi connectivity index (χ1) is 5.83. The molecule has 1 rings (SSSR count). The molecule has 1 aromatic carbocycles. The second kappa shape index (κ2) is 7.22. The first-order valence-corrected chi connectivity index (χ1v) is 5.91. The van der Waals surface area contributed by atoms with Gasteiger partial charge in [-0.1, -0.05) is 0 Å². The summed E-state index contributed by atoms with van der Waals surface area (Å²) in [6.07, 6.45) is 0. The van der Waals surface area contributed by atoms with E-state index in [9.17, 15) is 4.79 Å². The molecule has 13 heavy (non-hydrogen) atoms. The summed E-state index contributed by atoms with van der Waals surface area (Å²) in [5.41, 5.74) is 1.04. The van der Waals surface area contributed by atoms with E-state index in [2.05, 4.69) is 0 Å². The number of benzene rings is 1. The summed E-state index contributed by atoms with van der Waals surface area (Å²) < 4.78 is 4.97. The van der Waals surface area contributed by atoms with Gasteiger partial charge in [0.2, 0.25) is 0 Å². The van der Waals surface area contributed by atoms with Crippen molar-refractivity contribution in [1.82, 2.24) is 0 Å². The summed E-state index contributed by atoms with van der Waals surface area (Å²) in [6, 6.07) is 9.70. The molecule has 4 heteroatoms. The van der Waals surface area contributed by atoms with Crippen LogP contribution in [0, 0.1) is 0 Å². The van der Waals surface area contributed by atoms with Gasteiger partial charge >= 0.3 is 81.3 Å². The number of esters is 1. The van der Waals surface area contributed by atoms with Crippen LogP contribution < -0.4 is 0 Å². The Morgan fingerprint density at radius 3 is 2.46 bits per heavy atom. The summed E-state index contributed by atoms with van der Waals surface area (Å²) >= 11 is 0.966. The van der Waals surface area contributed by atoms with Gasteiger partial charge in [0.25, 0.3) is 0 Å². The average Bonchev–Trinajstić information content (AvgIpc) is 2.16. The van der Waals surface area contributed by atoms with E-state index >= 15 is 0 Å². The molecule has 0 radical (unpaired) electrons. The number of ether oxygens (including phenoxy) is 1. The molecule has 1 aromatic rings. The molecule has 2 nitrogen and oxygen atoms in total. The molecular weight excluding hydrogens is 285 g/mol. The topological polar surface area (TPSA) is 26.3 Å². The number of hydrogen-bond acceptors (Lipinski definition) is 2. The SMILES string of the molecule is Br.O=C([CH2][Zn])OCc1ccccc1. The number of carbonyl (C=O) groups excluding carboxylic acids is 1. The Hall–Kier alpha value is -0.207. The van der Waals surface area contributed by atoms with Crippen molar-refractivity contribution in [3.8, 4) is 0 Å². The molecule has 0 bridgehead atoms. The van der Waals surface area contributed by atoms with Crippen LogP contribution in [0.15, 0.2) is 30.3 Å². The van der Waals surface area contributed by atoms with Gasteiger partial charge in [0.1, 0.15) is 0 Å². The molecule has 0 heterocycles. The van der Waals surface area contributed by atoms with E-state index in [-0.39, 0.29) is 23.0 Å². The van der Waals surface area contributed by atoms with Gasteiger partial charge in [-0.05, 0) is 0 Å². The van der Waals surface area contributed by atoms with Crippen molar-refractivity contribution < 1.29 is 27.8 Å². The van der Waals surface area contributed by atoms with Crippen LogP contribution in [0.5, 0.6) is 0 Å². The van der Waals surface area contributed by atoms with Gasteiger partial charge < -0.3 is 0 Å². The van der Waals surface area contributed by atoms with Crippen LogP contribution in [0.4, 0.5) is 0 Å². The molecule has 0 N–H and O–H groups in total. The van der Waals surface area contributed by atoms with Gasteiger partial charge in [-0.15, -0.1) is 17.0 Å². The molecule has 0 saturated carbocycles. The van der Waals surface area contributed by atoms with Gasteiger partial charge in [-0.3, -0.25) is 0 Å².